The lowest BCUT2D eigenvalue weighted by Gasteiger charge is -2.32. The van der Waals surface area contributed by atoms with Crippen LogP contribution >= 0.6 is 11.3 Å². The number of rotatable bonds is 5. The second kappa shape index (κ2) is 10.7. The van der Waals surface area contributed by atoms with Crippen molar-refractivity contribution >= 4 is 34.3 Å². The third-order valence-electron chi connectivity index (χ3n) is 7.80. The maximum Gasteiger partial charge on any atom is 0.410 e. The number of carbonyl (C=O) groups is 1. The Balaban J connectivity index is 1.23. The predicted octanol–water partition coefficient (Wildman–Crippen LogP) is 6.64. The molecule has 6 rings (SSSR count). The Labute approximate surface area is 238 Å². The fourth-order valence-electron chi connectivity index (χ4n) is 5.96. The van der Waals surface area contributed by atoms with Crippen LogP contribution in [-0.4, -0.2) is 49.2 Å². The quantitative estimate of drug-likeness (QED) is 0.277. The number of fused-ring (bicyclic) bond motifs is 1. The van der Waals surface area contributed by atoms with Gasteiger partial charge in [0.05, 0.1) is 11.1 Å². The van der Waals surface area contributed by atoms with Crippen molar-refractivity contribution < 1.29 is 9.53 Å². The number of amides is 1. The Morgan fingerprint density at radius 3 is 2.80 bits per heavy atom. The van der Waals surface area contributed by atoms with Crippen molar-refractivity contribution in [2.24, 2.45) is 5.92 Å². The summed E-state index contributed by atoms with van der Waals surface area (Å²) in [7, 11) is 0. The lowest BCUT2D eigenvalue weighted by atomic mass is 9.93. The molecule has 1 amide bonds. The average Bonchev–Trinajstić information content (AvgIpc) is 3.67. The fourth-order valence-corrected chi connectivity index (χ4v) is 6.80. The van der Waals surface area contributed by atoms with Crippen LogP contribution in [0.3, 0.4) is 0 Å². The molecule has 2 aliphatic rings. The second-order valence-electron chi connectivity index (χ2n) is 11.8. The lowest BCUT2D eigenvalue weighted by Crippen LogP contribution is -2.40. The van der Waals surface area contributed by atoms with Gasteiger partial charge in [0.1, 0.15) is 28.4 Å². The first-order valence-electron chi connectivity index (χ1n) is 14.0. The van der Waals surface area contributed by atoms with Crippen molar-refractivity contribution in [3.05, 3.63) is 71.1 Å². The molecule has 0 bridgehead atoms. The molecule has 0 saturated heterocycles. The maximum absolute atomic E-state index is 12.7. The number of thiazole rings is 1. The molecule has 3 aromatic heterocycles. The Hall–Kier alpha value is -3.72. The van der Waals surface area contributed by atoms with Crippen molar-refractivity contribution in [3.8, 4) is 10.6 Å². The summed E-state index contributed by atoms with van der Waals surface area (Å²) < 4.78 is 7.93. The SMILES string of the molecule is CC(C)(C)OC(=O)N1CCC=C(C2CCC(n3cc(-c4nc(Cc5ccccc5)cs4)c4c(N)ncnc43)C2)C1. The highest BCUT2D eigenvalue weighted by atomic mass is 32.1. The largest absolute Gasteiger partial charge is 0.444 e. The summed E-state index contributed by atoms with van der Waals surface area (Å²) in [4.78, 5) is 28.5. The molecule has 8 nitrogen and oxygen atoms in total. The van der Waals surface area contributed by atoms with Crippen LogP contribution in [0.4, 0.5) is 10.6 Å². The normalized spacial score (nSPS) is 19.7. The van der Waals surface area contributed by atoms with Crippen molar-refractivity contribution in [3.63, 3.8) is 0 Å². The Morgan fingerprint density at radius 2 is 2.00 bits per heavy atom. The van der Waals surface area contributed by atoms with Gasteiger partial charge in [-0.05, 0) is 57.9 Å². The van der Waals surface area contributed by atoms with E-state index in [-0.39, 0.29) is 12.1 Å². The molecule has 1 aromatic carbocycles. The minimum atomic E-state index is -0.493. The van der Waals surface area contributed by atoms with Crippen LogP contribution in [0.25, 0.3) is 21.6 Å². The third kappa shape index (κ3) is 5.47. The van der Waals surface area contributed by atoms with Crippen LogP contribution in [0, 0.1) is 5.92 Å². The van der Waals surface area contributed by atoms with Crippen LogP contribution in [0.15, 0.2) is 59.9 Å². The highest BCUT2D eigenvalue weighted by Crippen LogP contribution is 2.44. The van der Waals surface area contributed by atoms with Gasteiger partial charge in [0.2, 0.25) is 0 Å². The first-order valence-corrected chi connectivity index (χ1v) is 14.9. The number of nitrogens with two attached hydrogens (primary N) is 1. The van der Waals surface area contributed by atoms with E-state index < -0.39 is 5.60 Å². The molecule has 0 spiro atoms. The number of hydrogen-bond donors (Lipinski definition) is 1. The number of hydrogen-bond acceptors (Lipinski definition) is 7. The van der Waals surface area contributed by atoms with E-state index in [2.05, 4.69) is 56.5 Å². The summed E-state index contributed by atoms with van der Waals surface area (Å²) in [6.45, 7) is 7.08. The van der Waals surface area contributed by atoms with E-state index in [9.17, 15) is 4.79 Å². The zero-order valence-corrected chi connectivity index (χ0v) is 24.2. The fraction of sp³-hybridized carbons (Fsp3) is 0.419. The van der Waals surface area contributed by atoms with Gasteiger partial charge >= 0.3 is 6.09 Å². The van der Waals surface area contributed by atoms with Gasteiger partial charge in [-0.2, -0.15) is 0 Å². The molecule has 1 aliphatic heterocycles. The van der Waals surface area contributed by atoms with Crippen LogP contribution < -0.4 is 5.73 Å². The van der Waals surface area contributed by atoms with Crippen LogP contribution in [0.2, 0.25) is 0 Å². The zero-order valence-electron chi connectivity index (χ0n) is 23.3. The van der Waals surface area contributed by atoms with Crippen molar-refractivity contribution in [1.29, 1.82) is 0 Å². The lowest BCUT2D eigenvalue weighted by molar-refractivity contribution is 0.0257. The molecule has 1 saturated carbocycles. The van der Waals surface area contributed by atoms with Gasteiger partial charge in [-0.3, -0.25) is 0 Å². The second-order valence-corrected chi connectivity index (χ2v) is 12.7. The summed E-state index contributed by atoms with van der Waals surface area (Å²) >= 11 is 1.64. The van der Waals surface area contributed by atoms with Crippen molar-refractivity contribution in [1.82, 2.24) is 24.4 Å². The molecule has 208 valence electrons. The highest BCUT2D eigenvalue weighted by molar-refractivity contribution is 7.13. The van der Waals surface area contributed by atoms with Crippen molar-refractivity contribution in [2.75, 3.05) is 18.8 Å². The summed E-state index contributed by atoms with van der Waals surface area (Å²) in [5, 5.41) is 3.94. The summed E-state index contributed by atoms with van der Waals surface area (Å²) in [6.07, 6.45) is 10.6. The molecule has 0 radical (unpaired) electrons. The predicted molar refractivity (Wildman–Crippen MR) is 159 cm³/mol. The standard InChI is InChI=1S/C31H36N6O2S/c1-31(2,3)39-30(38)36-13-7-10-22(16-36)21-11-12-24(15-21)37-17-25(26-27(32)33-19-34-28(26)37)29-35-23(18-40-29)14-20-8-5-4-6-9-20/h4-6,8-10,17-19,21,24H,7,11-16H2,1-3H3,(H2,32,33,34). The highest BCUT2D eigenvalue weighted by Gasteiger charge is 2.33. The van der Waals surface area contributed by atoms with Crippen LogP contribution in [-0.2, 0) is 11.2 Å². The van der Waals surface area contributed by atoms with E-state index in [1.54, 1.807) is 17.7 Å². The smallest absolute Gasteiger partial charge is 0.410 e. The molecule has 40 heavy (non-hydrogen) atoms. The topological polar surface area (TPSA) is 99.2 Å². The molecule has 1 aliphatic carbocycles. The van der Waals surface area contributed by atoms with E-state index >= 15 is 0 Å². The molecule has 4 aromatic rings. The monoisotopic (exact) mass is 556 g/mol. The first-order chi connectivity index (χ1) is 19.2. The average molecular weight is 557 g/mol. The number of anilines is 1. The van der Waals surface area contributed by atoms with Gasteiger partial charge < -0.3 is 19.9 Å². The summed E-state index contributed by atoms with van der Waals surface area (Å²) in [5.74, 6) is 0.906. The van der Waals surface area contributed by atoms with E-state index in [4.69, 9.17) is 15.5 Å². The van der Waals surface area contributed by atoms with Gasteiger partial charge in [-0.25, -0.2) is 19.7 Å². The zero-order chi connectivity index (χ0) is 27.9. The van der Waals surface area contributed by atoms with Gasteiger partial charge in [0.25, 0.3) is 0 Å². The van der Waals surface area contributed by atoms with Gasteiger partial charge in [-0.15, -0.1) is 11.3 Å². The molecular formula is C31H36N6O2S. The van der Waals surface area contributed by atoms with E-state index in [1.807, 2.05) is 31.7 Å². The van der Waals surface area contributed by atoms with Crippen molar-refractivity contribution in [2.45, 2.75) is 64.5 Å². The molecule has 2 unspecified atom stereocenters. The first kappa shape index (κ1) is 26.5. The Bertz CT molecular complexity index is 1550. The number of ether oxygens (including phenoxy) is 1. The van der Waals surface area contributed by atoms with E-state index in [1.165, 1.54) is 11.1 Å². The van der Waals surface area contributed by atoms with E-state index in [0.29, 0.717) is 24.8 Å². The molecule has 2 atom stereocenters. The molecule has 1 fully saturated rings. The number of nitrogen functional groups attached to an aromatic ring is 1. The summed E-state index contributed by atoms with van der Waals surface area (Å²) in [6, 6.07) is 10.7. The molecule has 2 N–H and O–H groups in total. The van der Waals surface area contributed by atoms with Gasteiger partial charge in [-0.1, -0.05) is 42.0 Å². The third-order valence-corrected chi connectivity index (χ3v) is 8.73. The summed E-state index contributed by atoms with van der Waals surface area (Å²) in [5.41, 5.74) is 11.4. The number of aromatic nitrogens is 4. The maximum atomic E-state index is 12.7. The number of nitrogens with zero attached hydrogens (tertiary/aromatic N) is 5. The number of benzene rings is 1. The minimum absolute atomic E-state index is 0.226. The Kier molecular flexibility index (Phi) is 7.08. The van der Waals surface area contributed by atoms with Crippen LogP contribution in [0.1, 0.15) is 63.8 Å². The Morgan fingerprint density at radius 1 is 1.18 bits per heavy atom. The molecule has 9 heteroatoms. The van der Waals surface area contributed by atoms with Gasteiger partial charge in [0, 0.05) is 42.7 Å². The molecule has 4 heterocycles. The van der Waals surface area contributed by atoms with E-state index in [0.717, 1.165) is 59.4 Å². The minimum Gasteiger partial charge on any atom is -0.444 e. The number of carbonyl (C=O) groups excluding carboxylic acids is 1. The molecular weight excluding hydrogens is 520 g/mol. The van der Waals surface area contributed by atoms with Crippen LogP contribution in [0.5, 0.6) is 0 Å². The van der Waals surface area contributed by atoms with Gasteiger partial charge in [0.15, 0.2) is 0 Å².